The van der Waals surface area contributed by atoms with Crippen LogP contribution in [0.25, 0.3) is 0 Å². The molecule has 1 heterocycles. The Hall–Kier alpha value is -1.52. The SMILES string of the molecule is CC1(C)OC(=O)OC1=CCC(N)=O. The predicted octanol–water partition coefficient (Wildman–Crippen LogP) is 0.691. The van der Waals surface area contributed by atoms with E-state index in [2.05, 4.69) is 0 Å². The first-order chi connectivity index (χ1) is 5.92. The Morgan fingerprint density at radius 3 is 2.62 bits per heavy atom. The topological polar surface area (TPSA) is 78.6 Å². The van der Waals surface area contributed by atoms with E-state index >= 15 is 0 Å². The van der Waals surface area contributed by atoms with Gasteiger partial charge in [-0.3, -0.25) is 4.79 Å². The van der Waals surface area contributed by atoms with E-state index in [1.165, 1.54) is 6.08 Å². The minimum absolute atomic E-state index is 0.0371. The van der Waals surface area contributed by atoms with Crippen molar-refractivity contribution in [2.45, 2.75) is 25.9 Å². The summed E-state index contributed by atoms with van der Waals surface area (Å²) in [4.78, 5) is 21.2. The minimum atomic E-state index is -0.799. The minimum Gasteiger partial charge on any atom is -0.420 e. The molecule has 5 nitrogen and oxygen atoms in total. The zero-order chi connectivity index (χ0) is 10.1. The number of hydrogen-bond donors (Lipinski definition) is 1. The van der Waals surface area contributed by atoms with Gasteiger partial charge in [-0.15, -0.1) is 0 Å². The summed E-state index contributed by atoms with van der Waals surface area (Å²) in [6, 6.07) is 0. The molecule has 0 aromatic carbocycles. The first-order valence-electron chi connectivity index (χ1n) is 3.81. The van der Waals surface area contributed by atoms with Crippen molar-refractivity contribution < 1.29 is 19.1 Å². The van der Waals surface area contributed by atoms with Gasteiger partial charge in [-0.25, -0.2) is 4.79 Å². The number of amides is 1. The van der Waals surface area contributed by atoms with Crippen LogP contribution in [0.15, 0.2) is 11.8 Å². The van der Waals surface area contributed by atoms with Crippen LogP contribution in [0.3, 0.4) is 0 Å². The first kappa shape index (κ1) is 9.57. The molecule has 2 N–H and O–H groups in total. The quantitative estimate of drug-likeness (QED) is 0.642. The molecule has 0 unspecified atom stereocenters. The van der Waals surface area contributed by atoms with Gasteiger partial charge < -0.3 is 15.2 Å². The number of nitrogens with two attached hydrogens (primary N) is 1. The average molecular weight is 185 g/mol. The van der Waals surface area contributed by atoms with E-state index in [0.717, 1.165) is 0 Å². The van der Waals surface area contributed by atoms with Gasteiger partial charge >= 0.3 is 6.16 Å². The molecule has 0 aromatic heterocycles. The third-order valence-corrected chi connectivity index (χ3v) is 1.61. The van der Waals surface area contributed by atoms with Crippen LogP contribution in [0.2, 0.25) is 0 Å². The summed E-state index contributed by atoms with van der Waals surface area (Å²) in [5.74, 6) is -0.150. The van der Waals surface area contributed by atoms with Gasteiger partial charge in [0.15, 0.2) is 11.4 Å². The summed E-state index contributed by atoms with van der Waals surface area (Å²) in [5.41, 5.74) is 4.13. The van der Waals surface area contributed by atoms with Gasteiger partial charge in [-0.05, 0) is 19.9 Å². The van der Waals surface area contributed by atoms with Gasteiger partial charge in [0.05, 0.1) is 0 Å². The second-order valence-electron chi connectivity index (χ2n) is 3.20. The number of carbonyl (C=O) groups is 2. The van der Waals surface area contributed by atoms with Crippen LogP contribution in [-0.2, 0) is 14.3 Å². The van der Waals surface area contributed by atoms with Crippen LogP contribution in [0, 0.1) is 0 Å². The molecule has 1 rings (SSSR count). The predicted molar refractivity (Wildman–Crippen MR) is 43.5 cm³/mol. The highest BCUT2D eigenvalue weighted by atomic mass is 16.8. The van der Waals surface area contributed by atoms with E-state index in [-0.39, 0.29) is 6.42 Å². The standard InChI is InChI=1S/C8H11NO4/c1-8(2)5(3-4-6(9)10)12-7(11)13-8/h3H,4H2,1-2H3,(H2,9,10). The molecule has 13 heavy (non-hydrogen) atoms. The molecule has 0 aliphatic carbocycles. The molecule has 0 saturated carbocycles. The fourth-order valence-electron chi connectivity index (χ4n) is 0.973. The van der Waals surface area contributed by atoms with E-state index in [1.807, 2.05) is 0 Å². The molecule has 0 aromatic rings. The molecule has 72 valence electrons. The van der Waals surface area contributed by atoms with Crippen molar-refractivity contribution in [2.24, 2.45) is 5.73 Å². The van der Waals surface area contributed by atoms with Crippen molar-refractivity contribution in [3.05, 3.63) is 11.8 Å². The number of carbonyl (C=O) groups excluding carboxylic acids is 2. The lowest BCUT2D eigenvalue weighted by atomic mass is 10.1. The molecule has 1 aliphatic rings. The Kier molecular flexibility index (Phi) is 2.27. The smallest absolute Gasteiger partial charge is 0.420 e. The molecule has 0 atom stereocenters. The van der Waals surface area contributed by atoms with Crippen LogP contribution in [0.5, 0.6) is 0 Å². The van der Waals surface area contributed by atoms with Gasteiger partial charge in [-0.2, -0.15) is 0 Å². The molecule has 1 amide bonds. The third-order valence-electron chi connectivity index (χ3n) is 1.61. The highest BCUT2D eigenvalue weighted by molar-refractivity contribution is 5.76. The molecular weight excluding hydrogens is 174 g/mol. The molecule has 1 fully saturated rings. The van der Waals surface area contributed by atoms with E-state index < -0.39 is 17.7 Å². The van der Waals surface area contributed by atoms with Crippen LogP contribution in [0.4, 0.5) is 4.79 Å². The second-order valence-corrected chi connectivity index (χ2v) is 3.20. The number of ether oxygens (including phenoxy) is 2. The van der Waals surface area contributed by atoms with E-state index in [0.29, 0.717) is 5.76 Å². The lowest BCUT2D eigenvalue weighted by Crippen LogP contribution is -2.21. The van der Waals surface area contributed by atoms with Crippen molar-refractivity contribution in [1.29, 1.82) is 0 Å². The molecule has 0 spiro atoms. The van der Waals surface area contributed by atoms with E-state index in [9.17, 15) is 9.59 Å². The maximum atomic E-state index is 10.7. The van der Waals surface area contributed by atoms with Crippen molar-refractivity contribution in [3.63, 3.8) is 0 Å². The number of primary amides is 1. The summed E-state index contributed by atoms with van der Waals surface area (Å²) in [6.07, 6.45) is 0.739. The highest BCUT2D eigenvalue weighted by Gasteiger charge is 2.38. The van der Waals surface area contributed by atoms with Crippen LogP contribution in [-0.4, -0.2) is 17.7 Å². The normalized spacial score (nSPS) is 22.6. The summed E-state index contributed by atoms with van der Waals surface area (Å²) in [7, 11) is 0. The van der Waals surface area contributed by atoms with Crippen molar-refractivity contribution >= 4 is 12.1 Å². The van der Waals surface area contributed by atoms with Crippen LogP contribution < -0.4 is 5.73 Å². The van der Waals surface area contributed by atoms with Gasteiger partial charge in [0.2, 0.25) is 5.91 Å². The summed E-state index contributed by atoms with van der Waals surface area (Å²) < 4.78 is 9.53. The number of rotatable bonds is 2. The van der Waals surface area contributed by atoms with Gasteiger partial charge in [0, 0.05) is 6.42 Å². The van der Waals surface area contributed by atoms with Crippen LogP contribution >= 0.6 is 0 Å². The van der Waals surface area contributed by atoms with Gasteiger partial charge in [0.25, 0.3) is 0 Å². The number of hydrogen-bond acceptors (Lipinski definition) is 4. The third kappa shape index (κ3) is 2.21. The first-order valence-corrected chi connectivity index (χ1v) is 3.81. The van der Waals surface area contributed by atoms with Gasteiger partial charge in [0.1, 0.15) is 0 Å². The van der Waals surface area contributed by atoms with E-state index in [1.54, 1.807) is 13.8 Å². The maximum Gasteiger partial charge on any atom is 0.514 e. The molecule has 1 saturated heterocycles. The van der Waals surface area contributed by atoms with Crippen molar-refractivity contribution in [1.82, 2.24) is 0 Å². The maximum absolute atomic E-state index is 10.7. The summed E-state index contributed by atoms with van der Waals surface area (Å²) in [6.45, 7) is 3.34. The molecule has 5 heteroatoms. The fourth-order valence-corrected chi connectivity index (χ4v) is 0.973. The summed E-state index contributed by atoms with van der Waals surface area (Å²) in [5, 5.41) is 0. The van der Waals surface area contributed by atoms with E-state index in [4.69, 9.17) is 15.2 Å². The fraction of sp³-hybridized carbons (Fsp3) is 0.500. The lowest BCUT2D eigenvalue weighted by Gasteiger charge is -2.13. The number of cyclic esters (lactones) is 2. The van der Waals surface area contributed by atoms with Gasteiger partial charge in [-0.1, -0.05) is 0 Å². The average Bonchev–Trinajstić information content (AvgIpc) is 2.19. The van der Waals surface area contributed by atoms with Crippen LogP contribution in [0.1, 0.15) is 20.3 Å². The Morgan fingerprint density at radius 1 is 1.62 bits per heavy atom. The lowest BCUT2D eigenvalue weighted by molar-refractivity contribution is -0.117. The Balaban J connectivity index is 2.74. The highest BCUT2D eigenvalue weighted by Crippen LogP contribution is 2.29. The van der Waals surface area contributed by atoms with Crippen molar-refractivity contribution in [3.8, 4) is 0 Å². The molecule has 0 radical (unpaired) electrons. The largest absolute Gasteiger partial charge is 0.514 e. The zero-order valence-electron chi connectivity index (χ0n) is 7.49. The van der Waals surface area contributed by atoms with Crippen molar-refractivity contribution in [2.75, 3.05) is 0 Å². The Bertz CT molecular complexity index is 280. The monoisotopic (exact) mass is 185 g/mol. The Morgan fingerprint density at radius 2 is 2.23 bits per heavy atom. The Labute approximate surface area is 75.5 Å². The second kappa shape index (κ2) is 3.08. The summed E-state index contributed by atoms with van der Waals surface area (Å²) >= 11 is 0. The molecule has 1 aliphatic heterocycles. The molecular formula is C8H11NO4. The molecule has 0 bridgehead atoms. The zero-order valence-corrected chi connectivity index (χ0v) is 7.49.